The number of nitrogens with zero attached hydrogens (tertiary/aromatic N) is 3. The van der Waals surface area contributed by atoms with Crippen molar-refractivity contribution in [3.63, 3.8) is 0 Å². The van der Waals surface area contributed by atoms with Gasteiger partial charge in [-0.3, -0.25) is 9.20 Å². The molecule has 0 aliphatic rings. The van der Waals surface area contributed by atoms with Crippen LogP contribution >= 0.6 is 22.9 Å². The molecule has 0 aliphatic carbocycles. The van der Waals surface area contributed by atoms with Crippen molar-refractivity contribution in [1.82, 2.24) is 24.3 Å². The summed E-state index contributed by atoms with van der Waals surface area (Å²) in [7, 11) is -3.68. The summed E-state index contributed by atoms with van der Waals surface area (Å²) in [5.74, 6) is 0.308. The molecule has 0 spiro atoms. The molecular formula is C10H8ClN5O3S2. The average Bonchev–Trinajstić information content (AvgIpc) is 3.04. The van der Waals surface area contributed by atoms with E-state index in [9.17, 15) is 13.2 Å². The molecule has 8 nitrogen and oxygen atoms in total. The van der Waals surface area contributed by atoms with E-state index in [0.29, 0.717) is 10.2 Å². The van der Waals surface area contributed by atoms with E-state index in [1.807, 2.05) is 0 Å². The molecular weight excluding hydrogens is 338 g/mol. The molecule has 0 atom stereocenters. The Morgan fingerprint density at radius 3 is 2.90 bits per heavy atom. The minimum absolute atomic E-state index is 0.0948. The van der Waals surface area contributed by atoms with Crippen molar-refractivity contribution < 1.29 is 8.42 Å². The van der Waals surface area contributed by atoms with Gasteiger partial charge in [0.1, 0.15) is 4.21 Å². The van der Waals surface area contributed by atoms with E-state index in [1.54, 1.807) is 6.20 Å². The van der Waals surface area contributed by atoms with Gasteiger partial charge in [-0.2, -0.15) is 0 Å². The van der Waals surface area contributed by atoms with Crippen LogP contribution in [-0.4, -0.2) is 28.0 Å². The summed E-state index contributed by atoms with van der Waals surface area (Å²) in [6.07, 6.45) is 2.97. The van der Waals surface area contributed by atoms with Crippen molar-refractivity contribution in [3.8, 4) is 0 Å². The first-order valence-corrected chi connectivity index (χ1v) is 8.31. The predicted molar refractivity (Wildman–Crippen MR) is 77.0 cm³/mol. The van der Waals surface area contributed by atoms with E-state index >= 15 is 0 Å². The van der Waals surface area contributed by atoms with Gasteiger partial charge in [0.05, 0.1) is 10.9 Å². The second kappa shape index (κ2) is 5.22. The maximum absolute atomic E-state index is 12.1. The van der Waals surface area contributed by atoms with Crippen LogP contribution in [0.25, 0.3) is 5.65 Å². The average molecular weight is 346 g/mol. The molecule has 0 saturated heterocycles. The van der Waals surface area contributed by atoms with Crippen molar-refractivity contribution in [2.24, 2.45) is 0 Å². The van der Waals surface area contributed by atoms with E-state index in [0.717, 1.165) is 11.3 Å². The lowest BCUT2D eigenvalue weighted by Crippen LogP contribution is -2.23. The van der Waals surface area contributed by atoms with Gasteiger partial charge in [-0.05, 0) is 12.1 Å². The maximum atomic E-state index is 12.1. The van der Waals surface area contributed by atoms with Crippen LogP contribution in [0.2, 0.25) is 4.34 Å². The Morgan fingerprint density at radius 2 is 2.19 bits per heavy atom. The Hall–Kier alpha value is -1.75. The first kappa shape index (κ1) is 14.2. The van der Waals surface area contributed by atoms with Gasteiger partial charge >= 0.3 is 0 Å². The summed E-state index contributed by atoms with van der Waals surface area (Å²) >= 11 is 6.68. The van der Waals surface area contributed by atoms with Gasteiger partial charge in [0.25, 0.3) is 15.6 Å². The lowest BCUT2D eigenvalue weighted by Gasteiger charge is -2.03. The summed E-state index contributed by atoms with van der Waals surface area (Å²) in [4.78, 5) is 13.9. The highest BCUT2D eigenvalue weighted by molar-refractivity contribution is 7.91. The molecule has 21 heavy (non-hydrogen) atoms. The Morgan fingerprint density at radius 1 is 1.38 bits per heavy atom. The fourth-order valence-corrected chi connectivity index (χ4v) is 4.19. The first-order valence-electron chi connectivity index (χ1n) is 5.64. The van der Waals surface area contributed by atoms with E-state index in [1.165, 1.54) is 22.7 Å². The van der Waals surface area contributed by atoms with E-state index in [2.05, 4.69) is 19.9 Å². The summed E-state index contributed by atoms with van der Waals surface area (Å²) in [6.45, 7) is -0.0948. The highest BCUT2D eigenvalue weighted by Crippen LogP contribution is 2.25. The molecule has 0 unspecified atom stereocenters. The third-order valence-corrected chi connectivity index (χ3v) is 5.77. The molecule has 11 heteroatoms. The van der Waals surface area contributed by atoms with E-state index in [-0.39, 0.29) is 16.4 Å². The number of hydrogen-bond donors (Lipinski definition) is 2. The summed E-state index contributed by atoms with van der Waals surface area (Å²) < 4.78 is 28.4. The molecule has 0 aromatic carbocycles. The van der Waals surface area contributed by atoms with Crippen molar-refractivity contribution in [2.45, 2.75) is 10.8 Å². The van der Waals surface area contributed by atoms with Crippen LogP contribution in [0.3, 0.4) is 0 Å². The minimum atomic E-state index is -3.68. The zero-order valence-electron chi connectivity index (χ0n) is 10.3. The van der Waals surface area contributed by atoms with E-state index < -0.39 is 15.6 Å². The fourth-order valence-electron chi connectivity index (χ4n) is 1.68. The lowest BCUT2D eigenvalue weighted by molar-refractivity contribution is 0.581. The standard InChI is InChI=1S/C10H8ClN5O3S2/c11-6-1-2-8(20-6)21(18,19)13-5-7-14-15-9-10(17)12-3-4-16(7)9/h1-4,13H,5H2,(H,12,17). The first-order chi connectivity index (χ1) is 9.97. The Balaban J connectivity index is 1.87. The number of hydrogen-bond acceptors (Lipinski definition) is 6. The molecule has 2 N–H and O–H groups in total. The monoisotopic (exact) mass is 345 g/mol. The van der Waals surface area contributed by atoms with Gasteiger partial charge in [-0.1, -0.05) is 11.6 Å². The molecule has 0 saturated carbocycles. The van der Waals surface area contributed by atoms with Crippen LogP contribution in [0.15, 0.2) is 33.5 Å². The Bertz CT molecular complexity index is 958. The molecule has 0 fully saturated rings. The Labute approximate surface area is 127 Å². The summed E-state index contributed by atoms with van der Waals surface area (Å²) in [5, 5.41) is 7.51. The number of sulfonamides is 1. The van der Waals surface area contributed by atoms with Gasteiger partial charge in [0.15, 0.2) is 5.82 Å². The topological polar surface area (TPSA) is 109 Å². The van der Waals surface area contributed by atoms with Crippen LogP contribution in [0.4, 0.5) is 0 Å². The molecule has 3 heterocycles. The summed E-state index contributed by atoms with van der Waals surface area (Å²) in [6, 6.07) is 2.93. The predicted octanol–water partition coefficient (Wildman–Crippen LogP) is 0.611. The van der Waals surface area contributed by atoms with E-state index in [4.69, 9.17) is 11.6 Å². The number of H-pyrrole nitrogens is 1. The quantitative estimate of drug-likeness (QED) is 0.720. The number of halogens is 1. The maximum Gasteiger partial charge on any atom is 0.293 e. The normalized spacial score (nSPS) is 12.0. The van der Waals surface area contributed by atoms with Gasteiger partial charge < -0.3 is 4.98 Å². The zero-order valence-corrected chi connectivity index (χ0v) is 12.7. The van der Waals surface area contributed by atoms with Crippen LogP contribution in [-0.2, 0) is 16.6 Å². The molecule has 0 radical (unpaired) electrons. The van der Waals surface area contributed by atoms with Gasteiger partial charge in [-0.25, -0.2) is 13.1 Å². The zero-order chi connectivity index (χ0) is 15.0. The molecule has 0 aliphatic heterocycles. The van der Waals surface area contributed by atoms with Gasteiger partial charge in [0, 0.05) is 12.4 Å². The second-order valence-electron chi connectivity index (χ2n) is 3.98. The van der Waals surface area contributed by atoms with Crippen molar-refractivity contribution in [1.29, 1.82) is 0 Å². The lowest BCUT2D eigenvalue weighted by atomic mass is 10.6. The third kappa shape index (κ3) is 2.70. The number of fused-ring (bicyclic) bond motifs is 1. The molecule has 3 rings (SSSR count). The molecule has 3 aromatic heterocycles. The smallest absolute Gasteiger partial charge is 0.293 e. The number of thiophene rings is 1. The number of nitrogens with one attached hydrogen (secondary N) is 2. The second-order valence-corrected chi connectivity index (χ2v) is 7.69. The van der Waals surface area contributed by atoms with Crippen molar-refractivity contribution >= 4 is 38.6 Å². The number of rotatable bonds is 4. The largest absolute Gasteiger partial charge is 0.324 e. The minimum Gasteiger partial charge on any atom is -0.324 e. The molecule has 0 amide bonds. The van der Waals surface area contributed by atoms with Crippen LogP contribution in [0.1, 0.15) is 5.82 Å². The third-order valence-electron chi connectivity index (χ3n) is 2.64. The fraction of sp³-hybridized carbons (Fsp3) is 0.100. The molecule has 110 valence electrons. The highest BCUT2D eigenvalue weighted by atomic mass is 35.5. The SMILES string of the molecule is O=c1[nH]ccn2c(CNS(=O)(=O)c3ccc(Cl)s3)nnc12. The van der Waals surface area contributed by atoms with Crippen LogP contribution in [0, 0.1) is 0 Å². The van der Waals surface area contributed by atoms with Gasteiger partial charge in [0.2, 0.25) is 5.65 Å². The molecule has 0 bridgehead atoms. The van der Waals surface area contributed by atoms with Crippen LogP contribution < -0.4 is 10.3 Å². The van der Waals surface area contributed by atoms with Crippen molar-refractivity contribution in [3.05, 3.63) is 45.0 Å². The highest BCUT2D eigenvalue weighted by Gasteiger charge is 2.18. The molecule has 3 aromatic rings. The summed E-state index contributed by atoms with van der Waals surface area (Å²) in [5.41, 5.74) is -0.296. The van der Waals surface area contributed by atoms with Crippen LogP contribution in [0.5, 0.6) is 0 Å². The van der Waals surface area contributed by atoms with Gasteiger partial charge in [-0.15, -0.1) is 21.5 Å². The Kier molecular flexibility index (Phi) is 3.53. The number of aromatic amines is 1. The van der Waals surface area contributed by atoms with Crippen molar-refractivity contribution in [2.75, 3.05) is 0 Å². The number of aromatic nitrogens is 4.